The van der Waals surface area contributed by atoms with Crippen LogP contribution in [0.4, 0.5) is 17.1 Å². The van der Waals surface area contributed by atoms with Crippen LogP contribution in [-0.4, -0.2) is 6.29 Å². The number of rotatable bonds is 4. The fourth-order valence-electron chi connectivity index (χ4n) is 4.07. The Balaban J connectivity index is 1.97. The molecule has 0 saturated carbocycles. The molecule has 0 N–H and O–H groups in total. The highest BCUT2D eigenvalue weighted by atomic mass is 16.1. The number of hydrogen-bond donors (Lipinski definition) is 0. The minimum absolute atomic E-state index is 0.737. The number of carbonyl (C=O) groups is 1. The predicted molar refractivity (Wildman–Crippen MR) is 122 cm³/mol. The molecular weight excluding hydrogens is 354 g/mol. The van der Waals surface area contributed by atoms with E-state index in [2.05, 4.69) is 65.6 Å². The van der Waals surface area contributed by atoms with Crippen LogP contribution in [-0.2, 0) is 0 Å². The number of nitrogens with zero attached hydrogens (tertiary/aromatic N) is 1. The summed E-state index contributed by atoms with van der Waals surface area (Å²) in [6.45, 7) is 0. The molecule has 0 aromatic heterocycles. The lowest BCUT2D eigenvalue weighted by Gasteiger charge is -2.29. The summed E-state index contributed by atoms with van der Waals surface area (Å²) >= 11 is 0. The zero-order valence-corrected chi connectivity index (χ0v) is 15.8. The minimum Gasteiger partial charge on any atom is -0.309 e. The lowest BCUT2D eigenvalue weighted by atomic mass is 9.94. The zero-order valence-electron chi connectivity index (χ0n) is 15.8. The minimum atomic E-state index is 0.737. The van der Waals surface area contributed by atoms with Gasteiger partial charge in [0.15, 0.2) is 6.29 Å². The van der Waals surface area contributed by atoms with Gasteiger partial charge in [0.25, 0.3) is 0 Å². The Labute approximate surface area is 169 Å². The van der Waals surface area contributed by atoms with Gasteiger partial charge < -0.3 is 4.90 Å². The van der Waals surface area contributed by atoms with Crippen molar-refractivity contribution in [1.29, 1.82) is 0 Å². The van der Waals surface area contributed by atoms with Crippen molar-refractivity contribution in [2.45, 2.75) is 0 Å². The van der Waals surface area contributed by atoms with Gasteiger partial charge in [-0.3, -0.25) is 4.79 Å². The molecule has 0 heterocycles. The third-order valence-corrected chi connectivity index (χ3v) is 5.31. The Bertz CT molecular complexity index is 1210. The molecule has 0 spiro atoms. The third kappa shape index (κ3) is 2.86. The average Bonchev–Trinajstić information content (AvgIpc) is 2.80. The molecule has 0 radical (unpaired) electrons. The molecule has 29 heavy (non-hydrogen) atoms. The molecule has 2 nitrogen and oxygen atoms in total. The van der Waals surface area contributed by atoms with Crippen molar-refractivity contribution in [2.24, 2.45) is 0 Å². The normalized spacial score (nSPS) is 10.9. The number of anilines is 3. The van der Waals surface area contributed by atoms with E-state index < -0.39 is 0 Å². The van der Waals surface area contributed by atoms with E-state index >= 15 is 0 Å². The van der Waals surface area contributed by atoms with Crippen LogP contribution < -0.4 is 4.90 Å². The zero-order chi connectivity index (χ0) is 19.6. The fraction of sp³-hybridized carbons (Fsp3) is 0. The Morgan fingerprint density at radius 2 is 0.862 bits per heavy atom. The maximum absolute atomic E-state index is 12.0. The highest BCUT2D eigenvalue weighted by Crippen LogP contribution is 2.44. The SMILES string of the molecule is O=Cc1c2ccccc2c(N(c2ccccc2)c2ccccc2)c2ccccc12. The Kier molecular flexibility index (Phi) is 4.30. The summed E-state index contributed by atoms with van der Waals surface area (Å²) in [5.41, 5.74) is 3.97. The van der Waals surface area contributed by atoms with Crippen molar-refractivity contribution in [3.05, 3.63) is 115 Å². The largest absolute Gasteiger partial charge is 0.309 e. The van der Waals surface area contributed by atoms with E-state index in [0.29, 0.717) is 0 Å². The number of carbonyl (C=O) groups excluding carboxylic acids is 1. The summed E-state index contributed by atoms with van der Waals surface area (Å²) in [6, 6.07) is 37.0. The molecule has 5 rings (SSSR count). The van der Waals surface area contributed by atoms with E-state index in [1.807, 2.05) is 48.5 Å². The first-order valence-corrected chi connectivity index (χ1v) is 9.67. The van der Waals surface area contributed by atoms with E-state index in [9.17, 15) is 4.79 Å². The number of hydrogen-bond acceptors (Lipinski definition) is 2. The van der Waals surface area contributed by atoms with E-state index in [1.165, 1.54) is 0 Å². The van der Waals surface area contributed by atoms with E-state index in [4.69, 9.17) is 0 Å². The summed E-state index contributed by atoms with van der Waals surface area (Å²) in [5, 5.41) is 4.04. The smallest absolute Gasteiger partial charge is 0.151 e. The van der Waals surface area contributed by atoms with Gasteiger partial charge in [0, 0.05) is 27.7 Å². The van der Waals surface area contributed by atoms with Gasteiger partial charge in [-0.2, -0.15) is 0 Å². The van der Waals surface area contributed by atoms with Crippen molar-refractivity contribution in [2.75, 3.05) is 4.90 Å². The Hall–Kier alpha value is -3.91. The number of fused-ring (bicyclic) bond motifs is 2. The topological polar surface area (TPSA) is 20.3 Å². The van der Waals surface area contributed by atoms with Crippen LogP contribution in [0.5, 0.6) is 0 Å². The van der Waals surface area contributed by atoms with Crippen LogP contribution in [0.25, 0.3) is 21.5 Å². The maximum Gasteiger partial charge on any atom is 0.151 e. The second-order valence-electron chi connectivity index (χ2n) is 6.98. The second-order valence-corrected chi connectivity index (χ2v) is 6.98. The molecule has 138 valence electrons. The molecule has 0 aliphatic heterocycles. The van der Waals surface area contributed by atoms with Gasteiger partial charge in [-0.1, -0.05) is 84.9 Å². The van der Waals surface area contributed by atoms with E-state index in [0.717, 1.165) is 50.5 Å². The van der Waals surface area contributed by atoms with Gasteiger partial charge in [-0.25, -0.2) is 0 Å². The fourth-order valence-corrected chi connectivity index (χ4v) is 4.07. The van der Waals surface area contributed by atoms with Gasteiger partial charge >= 0.3 is 0 Å². The van der Waals surface area contributed by atoms with Crippen LogP contribution in [0.3, 0.4) is 0 Å². The highest BCUT2D eigenvalue weighted by Gasteiger charge is 2.20. The second kappa shape index (κ2) is 7.25. The van der Waals surface area contributed by atoms with E-state index in [1.54, 1.807) is 0 Å². The Morgan fingerprint density at radius 1 is 0.483 bits per heavy atom. The molecule has 0 saturated heterocycles. The van der Waals surface area contributed by atoms with E-state index in [-0.39, 0.29) is 0 Å². The average molecular weight is 373 g/mol. The van der Waals surface area contributed by atoms with Crippen LogP contribution in [0.15, 0.2) is 109 Å². The first-order chi connectivity index (χ1) is 14.4. The molecule has 0 aliphatic rings. The monoisotopic (exact) mass is 373 g/mol. The predicted octanol–water partition coefficient (Wildman–Crippen LogP) is 7.28. The third-order valence-electron chi connectivity index (χ3n) is 5.31. The summed E-state index contributed by atoms with van der Waals surface area (Å²) < 4.78 is 0. The molecule has 5 aromatic carbocycles. The molecule has 0 unspecified atom stereocenters. The molecule has 5 aromatic rings. The number of benzene rings is 5. The lowest BCUT2D eigenvalue weighted by Crippen LogP contribution is -2.11. The number of aldehydes is 1. The quantitative estimate of drug-likeness (QED) is 0.244. The van der Waals surface area contributed by atoms with Gasteiger partial charge in [-0.05, 0) is 35.0 Å². The number of para-hydroxylation sites is 2. The molecule has 0 bridgehead atoms. The molecule has 0 aliphatic carbocycles. The summed E-state index contributed by atoms with van der Waals surface area (Å²) in [5.74, 6) is 0. The molecule has 0 amide bonds. The first-order valence-electron chi connectivity index (χ1n) is 9.67. The summed E-state index contributed by atoms with van der Waals surface area (Å²) in [4.78, 5) is 14.3. The van der Waals surface area contributed by atoms with Crippen LogP contribution in [0, 0.1) is 0 Å². The van der Waals surface area contributed by atoms with Gasteiger partial charge in [0.2, 0.25) is 0 Å². The lowest BCUT2D eigenvalue weighted by molar-refractivity contribution is 0.112. The first kappa shape index (κ1) is 17.2. The van der Waals surface area contributed by atoms with Gasteiger partial charge in [0.05, 0.1) is 5.69 Å². The van der Waals surface area contributed by atoms with Gasteiger partial charge in [-0.15, -0.1) is 0 Å². The van der Waals surface area contributed by atoms with Crippen molar-refractivity contribution < 1.29 is 4.79 Å². The molecule has 2 heteroatoms. The summed E-state index contributed by atoms with van der Waals surface area (Å²) in [6.07, 6.45) is 0.976. The highest BCUT2D eigenvalue weighted by molar-refractivity contribution is 6.21. The van der Waals surface area contributed by atoms with Crippen LogP contribution in [0.2, 0.25) is 0 Å². The molecule has 0 atom stereocenters. The van der Waals surface area contributed by atoms with Crippen molar-refractivity contribution in [3.63, 3.8) is 0 Å². The standard InChI is InChI=1S/C27H19NO/c29-19-26-22-15-7-9-17-24(22)27(25-18-10-8-16-23(25)26)28(20-11-3-1-4-12-20)21-13-5-2-6-14-21/h1-19H. The molecule has 0 fully saturated rings. The molecular formula is C27H19NO. The van der Waals surface area contributed by atoms with Gasteiger partial charge in [0.1, 0.15) is 0 Å². The van der Waals surface area contributed by atoms with Crippen LogP contribution in [0.1, 0.15) is 10.4 Å². The summed E-state index contributed by atoms with van der Waals surface area (Å²) in [7, 11) is 0. The van der Waals surface area contributed by atoms with Crippen molar-refractivity contribution in [1.82, 2.24) is 0 Å². The van der Waals surface area contributed by atoms with Crippen LogP contribution >= 0.6 is 0 Å². The maximum atomic E-state index is 12.0. The van der Waals surface area contributed by atoms with Crippen molar-refractivity contribution >= 4 is 44.9 Å². The Morgan fingerprint density at radius 3 is 1.28 bits per heavy atom. The van der Waals surface area contributed by atoms with Crippen molar-refractivity contribution in [3.8, 4) is 0 Å².